The van der Waals surface area contributed by atoms with Crippen molar-refractivity contribution in [1.82, 2.24) is 4.98 Å². The first-order valence-electron chi connectivity index (χ1n) is 9.44. The Kier molecular flexibility index (Phi) is 5.90. The van der Waals surface area contributed by atoms with E-state index in [0.29, 0.717) is 23.5 Å². The van der Waals surface area contributed by atoms with E-state index < -0.39 is 17.3 Å². The fourth-order valence-corrected chi connectivity index (χ4v) is 3.59. The van der Waals surface area contributed by atoms with E-state index in [0.717, 1.165) is 5.56 Å². The van der Waals surface area contributed by atoms with E-state index in [-0.39, 0.29) is 23.1 Å². The Bertz CT molecular complexity index is 1140. The number of ketones is 1. The molecule has 31 heavy (non-hydrogen) atoms. The number of nitrogens with zero attached hydrogens (tertiary/aromatic N) is 1. The van der Waals surface area contributed by atoms with Crippen LogP contribution in [0.5, 0.6) is 0 Å². The summed E-state index contributed by atoms with van der Waals surface area (Å²) in [7, 11) is 1.29. The highest BCUT2D eigenvalue weighted by atomic mass is 32.1. The second-order valence-electron chi connectivity index (χ2n) is 6.94. The highest BCUT2D eigenvalue weighted by molar-refractivity contribution is 7.80. The van der Waals surface area contributed by atoms with Crippen LogP contribution in [-0.4, -0.2) is 29.3 Å². The molecule has 2 aromatic heterocycles. The van der Waals surface area contributed by atoms with Gasteiger partial charge < -0.3 is 13.9 Å². The van der Waals surface area contributed by atoms with Gasteiger partial charge in [0.2, 0.25) is 5.78 Å². The van der Waals surface area contributed by atoms with E-state index in [4.69, 9.17) is 9.15 Å². The number of carbonyl (C=O) groups excluding carboxylic acids is 2. The number of benzene rings is 1. The number of aromatic nitrogens is 1. The number of allylic oxidation sites excluding steroid dienone is 1. The summed E-state index contributed by atoms with van der Waals surface area (Å²) in [5.41, 5.74) is 1.08. The van der Waals surface area contributed by atoms with Gasteiger partial charge in [0.15, 0.2) is 11.2 Å². The number of thiol groups is 1. The lowest BCUT2D eigenvalue weighted by Crippen LogP contribution is -2.18. The van der Waals surface area contributed by atoms with E-state index in [2.05, 4.69) is 22.3 Å². The molecule has 6 nitrogen and oxygen atoms in total. The van der Waals surface area contributed by atoms with E-state index in [1.165, 1.54) is 37.6 Å². The Morgan fingerprint density at radius 3 is 2.65 bits per heavy atom. The average molecular weight is 439 g/mol. The average Bonchev–Trinajstić information content (AvgIpc) is 3.35. The molecular formula is C23H18FNO5S. The predicted octanol–water partition coefficient (Wildman–Crippen LogP) is 4.32. The van der Waals surface area contributed by atoms with Gasteiger partial charge in [0.1, 0.15) is 23.0 Å². The molecule has 0 N–H and O–H groups in total. The maximum Gasteiger partial charge on any atom is 0.356 e. The number of esters is 1. The van der Waals surface area contributed by atoms with Crippen LogP contribution in [0.3, 0.4) is 0 Å². The van der Waals surface area contributed by atoms with Crippen molar-refractivity contribution in [2.24, 2.45) is 5.92 Å². The van der Waals surface area contributed by atoms with Crippen LogP contribution in [0.25, 0.3) is 17.4 Å². The molecule has 1 fully saturated rings. The van der Waals surface area contributed by atoms with Crippen molar-refractivity contribution >= 4 is 30.5 Å². The molecule has 1 aliphatic heterocycles. The van der Waals surface area contributed by atoms with Gasteiger partial charge in [-0.1, -0.05) is 12.1 Å². The van der Waals surface area contributed by atoms with Crippen LogP contribution in [0.4, 0.5) is 4.39 Å². The summed E-state index contributed by atoms with van der Waals surface area (Å²) in [5.74, 6) is -0.415. The molecule has 4 rings (SSSR count). The summed E-state index contributed by atoms with van der Waals surface area (Å²) in [6.45, 7) is 0. The highest BCUT2D eigenvalue weighted by Crippen LogP contribution is 2.33. The standard InChI is InChI=1S/C23H18FNO5S/c1-28-22(27)18-8-4-14(12-25-18)19-9-7-16(29-19)11-20-21(26)17(23(31)30-20)10-13-2-5-15(24)6-3-13/h2-9,11-12,17,23,31H,10H2,1H3/b20-11-. The Labute approximate surface area is 183 Å². The molecule has 0 aliphatic carbocycles. The first-order valence-corrected chi connectivity index (χ1v) is 9.96. The van der Waals surface area contributed by atoms with E-state index in [1.54, 1.807) is 30.3 Å². The van der Waals surface area contributed by atoms with Gasteiger partial charge in [-0.2, -0.15) is 0 Å². The number of hydrogen-bond donors (Lipinski definition) is 1. The number of pyridine rings is 1. The molecule has 8 heteroatoms. The number of carbonyl (C=O) groups is 2. The highest BCUT2D eigenvalue weighted by Gasteiger charge is 2.38. The third kappa shape index (κ3) is 4.54. The lowest BCUT2D eigenvalue weighted by atomic mass is 9.96. The number of furan rings is 1. The third-order valence-corrected chi connectivity index (χ3v) is 5.35. The van der Waals surface area contributed by atoms with Crippen molar-refractivity contribution in [1.29, 1.82) is 0 Å². The molecule has 2 atom stereocenters. The molecule has 0 radical (unpaired) electrons. The zero-order chi connectivity index (χ0) is 22.0. The van der Waals surface area contributed by atoms with Gasteiger partial charge in [-0.3, -0.25) is 4.79 Å². The van der Waals surface area contributed by atoms with E-state index in [9.17, 15) is 14.0 Å². The summed E-state index contributed by atoms with van der Waals surface area (Å²) in [5, 5.41) is 0. The second kappa shape index (κ2) is 8.77. The Morgan fingerprint density at radius 1 is 1.19 bits per heavy atom. The minimum Gasteiger partial charge on any atom is -0.475 e. The number of methoxy groups -OCH3 is 1. The van der Waals surface area contributed by atoms with Crippen LogP contribution in [0.15, 0.2) is 64.9 Å². The van der Waals surface area contributed by atoms with Crippen LogP contribution in [0.2, 0.25) is 0 Å². The van der Waals surface area contributed by atoms with Gasteiger partial charge in [0, 0.05) is 17.8 Å². The third-order valence-electron chi connectivity index (χ3n) is 4.88. The van der Waals surface area contributed by atoms with Crippen molar-refractivity contribution in [3.8, 4) is 11.3 Å². The largest absolute Gasteiger partial charge is 0.475 e. The topological polar surface area (TPSA) is 78.6 Å². The Balaban J connectivity index is 1.49. The molecule has 3 heterocycles. The molecule has 3 aromatic rings. The van der Waals surface area contributed by atoms with Crippen LogP contribution >= 0.6 is 12.6 Å². The summed E-state index contributed by atoms with van der Waals surface area (Å²) in [6.07, 6.45) is 3.42. The normalized spacial score (nSPS) is 19.5. The number of rotatable bonds is 5. The SMILES string of the molecule is COC(=O)c1ccc(-c2ccc(/C=C3\OC(S)C(Cc4ccc(F)cc4)C3=O)o2)cn1. The molecule has 2 unspecified atom stereocenters. The van der Waals surface area contributed by atoms with Crippen molar-refractivity contribution in [2.45, 2.75) is 11.9 Å². The van der Waals surface area contributed by atoms with Crippen molar-refractivity contribution in [3.63, 3.8) is 0 Å². The monoisotopic (exact) mass is 439 g/mol. The number of halogens is 1. The molecule has 0 spiro atoms. The van der Waals surface area contributed by atoms with Gasteiger partial charge >= 0.3 is 5.97 Å². The molecular weight excluding hydrogens is 421 g/mol. The smallest absolute Gasteiger partial charge is 0.356 e. The minimum absolute atomic E-state index is 0.159. The van der Waals surface area contributed by atoms with Gasteiger partial charge in [-0.25, -0.2) is 14.2 Å². The molecule has 0 saturated carbocycles. The Hall–Kier alpha value is -3.39. The maximum atomic E-state index is 13.1. The predicted molar refractivity (Wildman–Crippen MR) is 114 cm³/mol. The van der Waals surface area contributed by atoms with Gasteiger partial charge in [-0.15, -0.1) is 12.6 Å². The van der Waals surface area contributed by atoms with Crippen molar-refractivity contribution in [2.75, 3.05) is 7.11 Å². The van der Waals surface area contributed by atoms with Gasteiger partial charge in [0.05, 0.1) is 13.0 Å². The van der Waals surface area contributed by atoms with Gasteiger partial charge in [0.25, 0.3) is 0 Å². The fourth-order valence-electron chi connectivity index (χ4n) is 3.24. The zero-order valence-electron chi connectivity index (χ0n) is 16.4. The molecule has 1 saturated heterocycles. The van der Waals surface area contributed by atoms with Crippen LogP contribution in [0.1, 0.15) is 21.8 Å². The lowest BCUT2D eigenvalue weighted by Gasteiger charge is -2.10. The molecule has 0 bridgehead atoms. The number of ether oxygens (including phenoxy) is 2. The lowest BCUT2D eigenvalue weighted by molar-refractivity contribution is -0.117. The molecule has 0 amide bonds. The summed E-state index contributed by atoms with van der Waals surface area (Å²) < 4.78 is 29.1. The summed E-state index contributed by atoms with van der Waals surface area (Å²) >= 11 is 4.38. The van der Waals surface area contributed by atoms with E-state index >= 15 is 0 Å². The molecule has 1 aromatic carbocycles. The minimum atomic E-state index is -0.603. The second-order valence-corrected chi connectivity index (χ2v) is 7.45. The number of Topliss-reactive ketones (excluding diaryl/α,β-unsaturated/α-hetero) is 1. The summed E-state index contributed by atoms with van der Waals surface area (Å²) in [6, 6.07) is 12.7. The van der Waals surface area contributed by atoms with Crippen LogP contribution in [-0.2, 0) is 20.7 Å². The Morgan fingerprint density at radius 2 is 1.97 bits per heavy atom. The molecule has 1 aliphatic rings. The zero-order valence-corrected chi connectivity index (χ0v) is 17.3. The van der Waals surface area contributed by atoms with E-state index in [1.807, 2.05) is 0 Å². The van der Waals surface area contributed by atoms with Crippen molar-refractivity contribution in [3.05, 3.63) is 83.3 Å². The molecule has 158 valence electrons. The fraction of sp³-hybridized carbons (Fsp3) is 0.174. The first kappa shape index (κ1) is 20.9. The summed E-state index contributed by atoms with van der Waals surface area (Å²) in [4.78, 5) is 28.3. The van der Waals surface area contributed by atoms with Crippen molar-refractivity contribution < 1.29 is 27.9 Å². The van der Waals surface area contributed by atoms with Crippen LogP contribution < -0.4 is 0 Å². The maximum absolute atomic E-state index is 13.1. The first-order chi connectivity index (χ1) is 14.9. The number of hydrogen-bond acceptors (Lipinski definition) is 7. The quantitative estimate of drug-likeness (QED) is 0.362. The van der Waals surface area contributed by atoms with Crippen LogP contribution in [0, 0.1) is 11.7 Å². The van der Waals surface area contributed by atoms with Gasteiger partial charge in [-0.05, 0) is 48.4 Å².